The second-order valence-electron chi connectivity index (χ2n) is 3.41. The van der Waals surface area contributed by atoms with E-state index in [1.807, 2.05) is 0 Å². The lowest BCUT2D eigenvalue weighted by Crippen LogP contribution is -2.20. The molecule has 2 fully saturated rings. The number of aldehydes is 1. The van der Waals surface area contributed by atoms with E-state index >= 15 is 0 Å². The molecule has 2 aliphatic rings. The summed E-state index contributed by atoms with van der Waals surface area (Å²) in [6.07, 6.45) is 3.67. The number of rotatable bonds is 1. The van der Waals surface area contributed by atoms with Crippen LogP contribution in [0, 0.1) is 17.8 Å². The molecular formula is C8H10O2. The van der Waals surface area contributed by atoms with E-state index in [0.717, 1.165) is 25.5 Å². The molecule has 0 spiro atoms. The van der Waals surface area contributed by atoms with Crippen LogP contribution in [0.15, 0.2) is 0 Å². The Bertz CT molecular complexity index is 184. The van der Waals surface area contributed by atoms with E-state index < -0.39 is 0 Å². The molecule has 2 nitrogen and oxygen atoms in total. The van der Waals surface area contributed by atoms with E-state index in [1.165, 1.54) is 0 Å². The Morgan fingerprint density at radius 2 is 2.20 bits per heavy atom. The van der Waals surface area contributed by atoms with Crippen molar-refractivity contribution in [2.24, 2.45) is 17.8 Å². The molecule has 0 aliphatic heterocycles. The predicted octanol–water partition coefficient (Wildman–Crippen LogP) is 0.800. The molecular weight excluding hydrogens is 128 g/mol. The first-order valence-corrected chi connectivity index (χ1v) is 3.79. The summed E-state index contributed by atoms with van der Waals surface area (Å²) in [6.45, 7) is 0. The highest BCUT2D eigenvalue weighted by atomic mass is 16.1. The lowest BCUT2D eigenvalue weighted by atomic mass is 9.89. The molecule has 2 rings (SSSR count). The van der Waals surface area contributed by atoms with Gasteiger partial charge in [0, 0.05) is 18.3 Å². The normalized spacial score (nSPS) is 44.4. The summed E-state index contributed by atoms with van der Waals surface area (Å²) in [6, 6.07) is 0. The highest BCUT2D eigenvalue weighted by molar-refractivity contribution is 5.87. The van der Waals surface area contributed by atoms with Crippen molar-refractivity contribution in [3.05, 3.63) is 0 Å². The first-order valence-electron chi connectivity index (χ1n) is 3.79. The summed E-state index contributed by atoms with van der Waals surface area (Å²) in [5.41, 5.74) is 0. The van der Waals surface area contributed by atoms with Gasteiger partial charge in [0.1, 0.15) is 12.1 Å². The minimum atomic E-state index is 0.0752. The summed E-state index contributed by atoms with van der Waals surface area (Å²) in [5, 5.41) is 0. The van der Waals surface area contributed by atoms with Crippen LogP contribution in [-0.4, -0.2) is 12.1 Å². The highest BCUT2D eigenvalue weighted by Gasteiger charge is 2.45. The second-order valence-corrected chi connectivity index (χ2v) is 3.41. The monoisotopic (exact) mass is 138 g/mol. The average molecular weight is 138 g/mol. The van der Waals surface area contributed by atoms with Crippen LogP contribution >= 0.6 is 0 Å². The van der Waals surface area contributed by atoms with Gasteiger partial charge in [0.2, 0.25) is 0 Å². The molecule has 54 valence electrons. The van der Waals surface area contributed by atoms with Gasteiger partial charge < -0.3 is 4.79 Å². The van der Waals surface area contributed by atoms with Crippen molar-refractivity contribution >= 4 is 12.1 Å². The fraction of sp³-hybridized carbons (Fsp3) is 0.750. The third kappa shape index (κ3) is 0.648. The Hall–Kier alpha value is -0.660. The van der Waals surface area contributed by atoms with Gasteiger partial charge in [-0.05, 0) is 18.8 Å². The zero-order valence-corrected chi connectivity index (χ0v) is 5.75. The van der Waals surface area contributed by atoms with Crippen molar-refractivity contribution in [1.29, 1.82) is 0 Å². The van der Waals surface area contributed by atoms with Crippen molar-refractivity contribution in [2.45, 2.75) is 19.3 Å². The third-order valence-electron chi connectivity index (χ3n) is 2.79. The molecule has 0 saturated heterocycles. The topological polar surface area (TPSA) is 34.1 Å². The molecule has 3 atom stereocenters. The molecule has 10 heavy (non-hydrogen) atoms. The van der Waals surface area contributed by atoms with Crippen LogP contribution in [0.5, 0.6) is 0 Å². The molecule has 2 bridgehead atoms. The van der Waals surface area contributed by atoms with Gasteiger partial charge in [0.15, 0.2) is 0 Å². The summed E-state index contributed by atoms with van der Waals surface area (Å²) < 4.78 is 0. The van der Waals surface area contributed by atoms with Crippen molar-refractivity contribution in [2.75, 3.05) is 0 Å². The number of hydrogen-bond acceptors (Lipinski definition) is 2. The zero-order valence-electron chi connectivity index (χ0n) is 5.75. The van der Waals surface area contributed by atoms with Crippen LogP contribution in [-0.2, 0) is 9.59 Å². The van der Waals surface area contributed by atoms with E-state index in [2.05, 4.69) is 0 Å². The maximum atomic E-state index is 11.0. The molecule has 0 aromatic carbocycles. The first-order chi connectivity index (χ1) is 4.81. The van der Waals surface area contributed by atoms with Gasteiger partial charge in [-0.3, -0.25) is 4.79 Å². The van der Waals surface area contributed by atoms with Crippen molar-refractivity contribution in [3.8, 4) is 0 Å². The van der Waals surface area contributed by atoms with Crippen molar-refractivity contribution in [1.82, 2.24) is 0 Å². The molecule has 2 saturated carbocycles. The Morgan fingerprint density at radius 1 is 1.40 bits per heavy atom. The van der Waals surface area contributed by atoms with Gasteiger partial charge >= 0.3 is 0 Å². The molecule has 0 heterocycles. The summed E-state index contributed by atoms with van der Waals surface area (Å²) in [4.78, 5) is 21.4. The first kappa shape index (κ1) is 6.08. The number of carbonyl (C=O) groups excluding carboxylic acids is 2. The zero-order chi connectivity index (χ0) is 7.14. The molecule has 2 aliphatic carbocycles. The minimum absolute atomic E-state index is 0.0752. The van der Waals surface area contributed by atoms with Gasteiger partial charge in [-0.15, -0.1) is 0 Å². The lowest BCUT2D eigenvalue weighted by molar-refractivity contribution is -0.126. The summed E-state index contributed by atoms with van der Waals surface area (Å²) in [5.74, 6) is 1.06. The SMILES string of the molecule is O=CC1CC2CC(=O)C1C2. The molecule has 3 unspecified atom stereocenters. The van der Waals surface area contributed by atoms with Gasteiger partial charge in [-0.2, -0.15) is 0 Å². The third-order valence-corrected chi connectivity index (χ3v) is 2.79. The van der Waals surface area contributed by atoms with Crippen LogP contribution in [0.25, 0.3) is 0 Å². The number of carbonyl (C=O) groups is 2. The maximum absolute atomic E-state index is 11.0. The van der Waals surface area contributed by atoms with E-state index in [0.29, 0.717) is 11.7 Å². The van der Waals surface area contributed by atoms with E-state index in [1.54, 1.807) is 0 Å². The molecule has 0 aromatic rings. The van der Waals surface area contributed by atoms with Crippen molar-refractivity contribution in [3.63, 3.8) is 0 Å². The Kier molecular flexibility index (Phi) is 1.16. The van der Waals surface area contributed by atoms with Gasteiger partial charge in [-0.25, -0.2) is 0 Å². The van der Waals surface area contributed by atoms with E-state index in [9.17, 15) is 9.59 Å². The maximum Gasteiger partial charge on any atom is 0.136 e. The van der Waals surface area contributed by atoms with Crippen LogP contribution in [0.4, 0.5) is 0 Å². The number of hydrogen-bond donors (Lipinski definition) is 0. The highest BCUT2D eigenvalue weighted by Crippen LogP contribution is 2.44. The summed E-state index contributed by atoms with van der Waals surface area (Å²) >= 11 is 0. The van der Waals surface area contributed by atoms with Crippen LogP contribution < -0.4 is 0 Å². The fourth-order valence-electron chi connectivity index (χ4n) is 2.30. The average Bonchev–Trinajstić information content (AvgIpc) is 2.44. The molecule has 0 radical (unpaired) electrons. The van der Waals surface area contributed by atoms with E-state index in [4.69, 9.17) is 0 Å². The minimum Gasteiger partial charge on any atom is -0.303 e. The van der Waals surface area contributed by atoms with E-state index in [-0.39, 0.29) is 11.8 Å². The summed E-state index contributed by atoms with van der Waals surface area (Å²) in [7, 11) is 0. The number of ketones is 1. The van der Waals surface area contributed by atoms with Crippen LogP contribution in [0.3, 0.4) is 0 Å². The molecule has 0 aromatic heterocycles. The largest absolute Gasteiger partial charge is 0.303 e. The smallest absolute Gasteiger partial charge is 0.136 e. The van der Waals surface area contributed by atoms with Crippen LogP contribution in [0.2, 0.25) is 0 Å². The Labute approximate surface area is 59.6 Å². The standard InChI is InChI=1S/C8H10O2/c9-4-6-1-5-2-7(6)8(10)3-5/h4-7H,1-3H2. The van der Waals surface area contributed by atoms with Crippen molar-refractivity contribution < 1.29 is 9.59 Å². The predicted molar refractivity (Wildman–Crippen MR) is 35.4 cm³/mol. The molecule has 2 heteroatoms. The van der Waals surface area contributed by atoms with Gasteiger partial charge in [-0.1, -0.05) is 0 Å². The van der Waals surface area contributed by atoms with Gasteiger partial charge in [0.05, 0.1) is 0 Å². The Balaban J connectivity index is 2.19. The lowest BCUT2D eigenvalue weighted by Gasteiger charge is -2.13. The molecule has 0 N–H and O–H groups in total. The molecule has 0 amide bonds. The Morgan fingerprint density at radius 3 is 2.60 bits per heavy atom. The number of Topliss-reactive ketones (excluding diaryl/α,β-unsaturated/α-hetero) is 1. The fourth-order valence-corrected chi connectivity index (χ4v) is 2.30. The number of fused-ring (bicyclic) bond motifs is 2. The van der Waals surface area contributed by atoms with Gasteiger partial charge in [0.25, 0.3) is 0 Å². The second kappa shape index (κ2) is 1.91. The van der Waals surface area contributed by atoms with Crippen LogP contribution in [0.1, 0.15) is 19.3 Å². The quantitative estimate of drug-likeness (QED) is 0.502.